The van der Waals surface area contributed by atoms with E-state index < -0.39 is 0 Å². The van der Waals surface area contributed by atoms with Gasteiger partial charge in [-0.15, -0.1) is 0 Å². The maximum absolute atomic E-state index is 11.7. The predicted molar refractivity (Wildman–Crippen MR) is 63.9 cm³/mol. The smallest absolute Gasteiger partial charge is 0.251 e. The summed E-state index contributed by atoms with van der Waals surface area (Å²) in [5.74, 6) is -0.126. The van der Waals surface area contributed by atoms with E-state index in [2.05, 4.69) is 16.4 Å². The van der Waals surface area contributed by atoms with Crippen LogP contribution in [0.15, 0.2) is 18.3 Å². The molecule has 0 unspecified atom stereocenters. The highest BCUT2D eigenvalue weighted by atomic mass is 16.1. The summed E-state index contributed by atoms with van der Waals surface area (Å²) in [6.07, 6.45) is 3.73. The summed E-state index contributed by atoms with van der Waals surface area (Å²) in [6, 6.07) is 5.41. The second-order valence-electron chi connectivity index (χ2n) is 3.61. The first-order chi connectivity index (χ1) is 8.27. The summed E-state index contributed by atoms with van der Waals surface area (Å²) in [5.41, 5.74) is 6.72. The van der Waals surface area contributed by atoms with Gasteiger partial charge in [-0.3, -0.25) is 9.78 Å². The minimum atomic E-state index is -0.126. The van der Waals surface area contributed by atoms with Crippen LogP contribution in [0.3, 0.4) is 0 Å². The molecule has 5 nitrogen and oxygen atoms in total. The molecule has 1 aromatic rings. The number of carbonyl (C=O) groups is 1. The van der Waals surface area contributed by atoms with Crippen LogP contribution in [-0.2, 0) is 6.54 Å². The molecule has 0 aromatic carbocycles. The Labute approximate surface area is 101 Å². The van der Waals surface area contributed by atoms with E-state index in [0.29, 0.717) is 30.8 Å². The Morgan fingerprint density at radius 3 is 3.06 bits per heavy atom. The van der Waals surface area contributed by atoms with Crippen molar-refractivity contribution in [1.82, 2.24) is 10.3 Å². The van der Waals surface area contributed by atoms with Gasteiger partial charge in [0.15, 0.2) is 0 Å². The Balaban J connectivity index is 2.39. The number of amides is 1. The summed E-state index contributed by atoms with van der Waals surface area (Å²) in [5, 5.41) is 11.1. The number of nitrogens with two attached hydrogens (primary N) is 1. The molecule has 5 heteroatoms. The molecule has 0 aliphatic heterocycles. The molecular formula is C12H16N4O. The highest BCUT2D eigenvalue weighted by Gasteiger charge is 2.05. The number of hydrogen-bond acceptors (Lipinski definition) is 4. The zero-order valence-electron chi connectivity index (χ0n) is 9.65. The van der Waals surface area contributed by atoms with Crippen LogP contribution in [0.4, 0.5) is 0 Å². The second-order valence-corrected chi connectivity index (χ2v) is 3.61. The maximum atomic E-state index is 11.7. The van der Waals surface area contributed by atoms with Crippen molar-refractivity contribution in [2.24, 2.45) is 5.73 Å². The lowest BCUT2D eigenvalue weighted by molar-refractivity contribution is 0.0953. The van der Waals surface area contributed by atoms with Crippen LogP contribution in [0.1, 0.15) is 35.3 Å². The number of nitrogens with zero attached hydrogens (tertiary/aromatic N) is 2. The normalized spacial score (nSPS) is 9.65. The van der Waals surface area contributed by atoms with Gasteiger partial charge in [0.05, 0.1) is 11.8 Å². The summed E-state index contributed by atoms with van der Waals surface area (Å²) in [7, 11) is 0. The number of aromatic nitrogens is 1. The van der Waals surface area contributed by atoms with E-state index >= 15 is 0 Å². The minimum absolute atomic E-state index is 0.126. The first-order valence-electron chi connectivity index (χ1n) is 5.58. The van der Waals surface area contributed by atoms with Crippen LogP contribution in [0.25, 0.3) is 0 Å². The van der Waals surface area contributed by atoms with Gasteiger partial charge in [-0.05, 0) is 25.0 Å². The van der Waals surface area contributed by atoms with Crippen LogP contribution >= 0.6 is 0 Å². The van der Waals surface area contributed by atoms with Crippen LogP contribution in [0.2, 0.25) is 0 Å². The van der Waals surface area contributed by atoms with Crippen molar-refractivity contribution < 1.29 is 4.79 Å². The molecule has 1 aromatic heterocycles. The van der Waals surface area contributed by atoms with E-state index in [1.807, 2.05) is 0 Å². The first kappa shape index (κ1) is 13.1. The lowest BCUT2D eigenvalue weighted by atomic mass is 10.2. The van der Waals surface area contributed by atoms with Crippen molar-refractivity contribution in [2.75, 3.05) is 6.54 Å². The van der Waals surface area contributed by atoms with E-state index in [-0.39, 0.29) is 5.91 Å². The lowest BCUT2D eigenvalue weighted by Crippen LogP contribution is -2.24. The zero-order chi connectivity index (χ0) is 12.5. The molecule has 0 spiro atoms. The predicted octanol–water partition coefficient (Wildman–Crippen LogP) is 0.964. The molecule has 3 N–H and O–H groups in total. The average Bonchev–Trinajstić information content (AvgIpc) is 2.38. The van der Waals surface area contributed by atoms with Gasteiger partial charge < -0.3 is 11.1 Å². The Hall–Kier alpha value is -1.93. The molecule has 0 saturated heterocycles. The summed E-state index contributed by atoms with van der Waals surface area (Å²) in [4.78, 5) is 15.7. The molecular weight excluding hydrogens is 216 g/mol. The summed E-state index contributed by atoms with van der Waals surface area (Å²) in [6.45, 7) is 0.907. The molecule has 0 aliphatic rings. The molecule has 0 fully saturated rings. The molecule has 90 valence electrons. The molecule has 17 heavy (non-hydrogen) atoms. The number of rotatable bonds is 6. The standard InChI is InChI=1S/C12H16N4O/c13-5-2-1-3-6-16-12(17)10-4-7-15-11(8-10)9-14/h4,7-8H,1-3,6,9,14H2,(H,16,17). The largest absolute Gasteiger partial charge is 0.352 e. The highest BCUT2D eigenvalue weighted by Crippen LogP contribution is 2.01. The van der Waals surface area contributed by atoms with Gasteiger partial charge in [0.25, 0.3) is 5.91 Å². The van der Waals surface area contributed by atoms with Crippen LogP contribution in [0, 0.1) is 11.3 Å². The van der Waals surface area contributed by atoms with Gasteiger partial charge in [-0.25, -0.2) is 0 Å². The van der Waals surface area contributed by atoms with Crippen LogP contribution in [0.5, 0.6) is 0 Å². The fourth-order valence-electron chi connectivity index (χ4n) is 1.36. The van der Waals surface area contributed by atoms with Crippen LogP contribution in [-0.4, -0.2) is 17.4 Å². The van der Waals surface area contributed by atoms with Crippen molar-refractivity contribution in [2.45, 2.75) is 25.8 Å². The number of hydrogen-bond donors (Lipinski definition) is 2. The van der Waals surface area contributed by atoms with Crippen LogP contribution < -0.4 is 11.1 Å². The Morgan fingerprint density at radius 1 is 1.53 bits per heavy atom. The van der Waals surface area contributed by atoms with Crippen molar-refractivity contribution in [3.05, 3.63) is 29.6 Å². The quantitative estimate of drug-likeness (QED) is 0.715. The third-order valence-electron chi connectivity index (χ3n) is 2.29. The number of pyridine rings is 1. The van der Waals surface area contributed by atoms with Crippen molar-refractivity contribution in [1.29, 1.82) is 5.26 Å². The van der Waals surface area contributed by atoms with Gasteiger partial charge in [0.2, 0.25) is 0 Å². The third kappa shape index (κ3) is 4.62. The van der Waals surface area contributed by atoms with E-state index in [4.69, 9.17) is 11.0 Å². The highest BCUT2D eigenvalue weighted by molar-refractivity contribution is 5.94. The Bertz CT molecular complexity index is 411. The van der Waals surface area contributed by atoms with E-state index in [1.54, 1.807) is 18.3 Å². The van der Waals surface area contributed by atoms with Gasteiger partial charge in [-0.2, -0.15) is 5.26 Å². The second kappa shape index (κ2) is 7.36. The number of carbonyl (C=O) groups excluding carboxylic acids is 1. The topological polar surface area (TPSA) is 91.8 Å². The molecule has 0 saturated carbocycles. The maximum Gasteiger partial charge on any atom is 0.251 e. The summed E-state index contributed by atoms with van der Waals surface area (Å²) < 4.78 is 0. The first-order valence-corrected chi connectivity index (χ1v) is 5.58. The molecule has 0 atom stereocenters. The van der Waals surface area contributed by atoms with Gasteiger partial charge in [0.1, 0.15) is 0 Å². The fourth-order valence-corrected chi connectivity index (χ4v) is 1.36. The lowest BCUT2D eigenvalue weighted by Gasteiger charge is -2.05. The van der Waals surface area contributed by atoms with E-state index in [9.17, 15) is 4.79 Å². The van der Waals surface area contributed by atoms with Crippen molar-refractivity contribution >= 4 is 5.91 Å². The van der Waals surface area contributed by atoms with Gasteiger partial charge >= 0.3 is 0 Å². The zero-order valence-corrected chi connectivity index (χ0v) is 9.65. The molecule has 1 amide bonds. The monoisotopic (exact) mass is 232 g/mol. The molecule has 0 aliphatic carbocycles. The molecule has 0 radical (unpaired) electrons. The molecule has 0 bridgehead atoms. The average molecular weight is 232 g/mol. The van der Waals surface area contributed by atoms with Gasteiger partial charge in [-0.1, -0.05) is 0 Å². The fraction of sp³-hybridized carbons (Fsp3) is 0.417. The molecule has 1 heterocycles. The third-order valence-corrected chi connectivity index (χ3v) is 2.29. The van der Waals surface area contributed by atoms with E-state index in [0.717, 1.165) is 12.8 Å². The summed E-state index contributed by atoms with van der Waals surface area (Å²) >= 11 is 0. The number of nitriles is 1. The Kier molecular flexibility index (Phi) is 5.69. The van der Waals surface area contributed by atoms with Crippen molar-refractivity contribution in [3.63, 3.8) is 0 Å². The van der Waals surface area contributed by atoms with Gasteiger partial charge in [0, 0.05) is 31.3 Å². The SMILES string of the molecule is N#CCCCCNC(=O)c1ccnc(CN)c1. The number of nitrogens with one attached hydrogen (secondary N) is 1. The van der Waals surface area contributed by atoms with Crippen molar-refractivity contribution in [3.8, 4) is 6.07 Å². The number of unbranched alkanes of at least 4 members (excludes halogenated alkanes) is 2. The molecule has 1 rings (SSSR count). The minimum Gasteiger partial charge on any atom is -0.352 e. The Morgan fingerprint density at radius 2 is 2.35 bits per heavy atom. The van der Waals surface area contributed by atoms with E-state index in [1.165, 1.54) is 0 Å².